The number of nitrogens with zero attached hydrogens (tertiary/aromatic N) is 1. The molecule has 6 heteroatoms. The number of rotatable bonds is 3. The Morgan fingerprint density at radius 2 is 2.14 bits per heavy atom. The lowest BCUT2D eigenvalue weighted by molar-refractivity contribution is -0.136. The van der Waals surface area contributed by atoms with Crippen molar-refractivity contribution in [1.29, 1.82) is 0 Å². The van der Waals surface area contributed by atoms with E-state index in [0.29, 0.717) is 30.7 Å². The summed E-state index contributed by atoms with van der Waals surface area (Å²) < 4.78 is 10.9. The number of hydrogen-bond acceptors (Lipinski definition) is 5. The molecule has 1 amide bonds. The molecule has 2 aliphatic heterocycles. The Hall–Kier alpha value is -2.50. The molecule has 0 bridgehead atoms. The summed E-state index contributed by atoms with van der Waals surface area (Å²) in [7, 11) is 1.53. The van der Waals surface area contributed by atoms with Crippen molar-refractivity contribution in [3.05, 3.63) is 41.5 Å². The van der Waals surface area contributed by atoms with Gasteiger partial charge in [-0.3, -0.25) is 14.5 Å². The Morgan fingerprint density at radius 3 is 2.77 bits per heavy atom. The third-order valence-electron chi connectivity index (χ3n) is 4.09. The third kappa shape index (κ3) is 2.03. The molecule has 0 aliphatic carbocycles. The largest absolute Gasteiger partial charge is 0.501 e. The first kappa shape index (κ1) is 14.4. The summed E-state index contributed by atoms with van der Waals surface area (Å²) in [6.07, 6.45) is 1.08. The fourth-order valence-corrected chi connectivity index (χ4v) is 2.77. The van der Waals surface area contributed by atoms with Crippen molar-refractivity contribution in [2.45, 2.75) is 25.4 Å². The van der Waals surface area contributed by atoms with E-state index < -0.39 is 17.1 Å². The Kier molecular flexibility index (Phi) is 3.31. The van der Waals surface area contributed by atoms with E-state index in [1.54, 1.807) is 31.2 Å². The van der Waals surface area contributed by atoms with Gasteiger partial charge in [-0.1, -0.05) is 12.1 Å². The maximum Gasteiger partial charge on any atom is 0.250 e. The van der Waals surface area contributed by atoms with Crippen molar-refractivity contribution in [3.8, 4) is 5.75 Å². The number of aliphatic hydroxyl groups excluding tert-OH is 1. The second kappa shape index (κ2) is 5.05. The van der Waals surface area contributed by atoms with Crippen LogP contribution in [0.15, 0.2) is 35.9 Å². The number of methoxy groups -OCH3 is 1. The van der Waals surface area contributed by atoms with E-state index in [9.17, 15) is 14.7 Å². The molecule has 116 valence electrons. The minimum atomic E-state index is -1.36. The number of amides is 1. The van der Waals surface area contributed by atoms with Gasteiger partial charge in [-0.15, -0.1) is 0 Å². The van der Waals surface area contributed by atoms with Crippen LogP contribution >= 0.6 is 0 Å². The van der Waals surface area contributed by atoms with Crippen LogP contribution in [0, 0.1) is 0 Å². The number of aliphatic hydroxyl groups is 1. The number of benzene rings is 1. The molecule has 22 heavy (non-hydrogen) atoms. The summed E-state index contributed by atoms with van der Waals surface area (Å²) in [5.74, 6) is -0.668. The molecule has 1 atom stereocenters. The summed E-state index contributed by atoms with van der Waals surface area (Å²) in [6, 6.07) is 6.90. The highest BCUT2D eigenvalue weighted by atomic mass is 16.5. The molecular weight excluding hydrogens is 286 g/mol. The normalized spacial score (nSPS) is 24.9. The maximum atomic E-state index is 12.5. The lowest BCUT2D eigenvalue weighted by Gasteiger charge is -2.26. The van der Waals surface area contributed by atoms with Crippen molar-refractivity contribution in [2.75, 3.05) is 13.7 Å². The zero-order chi connectivity index (χ0) is 15.9. The first-order valence-corrected chi connectivity index (χ1v) is 7.09. The van der Waals surface area contributed by atoms with Gasteiger partial charge in [0.1, 0.15) is 5.75 Å². The zero-order valence-corrected chi connectivity index (χ0v) is 12.5. The highest BCUT2D eigenvalue weighted by Crippen LogP contribution is 2.40. The molecule has 1 fully saturated rings. The van der Waals surface area contributed by atoms with Crippen molar-refractivity contribution in [2.24, 2.45) is 0 Å². The quantitative estimate of drug-likeness (QED) is 0.922. The molecule has 6 nitrogen and oxygen atoms in total. The van der Waals surface area contributed by atoms with Crippen LogP contribution in [-0.4, -0.2) is 35.4 Å². The van der Waals surface area contributed by atoms with Crippen LogP contribution in [0.1, 0.15) is 25.3 Å². The highest BCUT2D eigenvalue weighted by molar-refractivity contribution is 6.03. The predicted molar refractivity (Wildman–Crippen MR) is 77.0 cm³/mol. The van der Waals surface area contributed by atoms with Gasteiger partial charge in [0, 0.05) is 18.5 Å². The first-order chi connectivity index (χ1) is 10.5. The fourth-order valence-electron chi connectivity index (χ4n) is 2.77. The number of ketones is 1. The van der Waals surface area contributed by atoms with Gasteiger partial charge in [0.15, 0.2) is 5.60 Å². The van der Waals surface area contributed by atoms with Gasteiger partial charge < -0.3 is 14.6 Å². The van der Waals surface area contributed by atoms with E-state index in [0.717, 1.165) is 0 Å². The number of hydrogen-bond donors (Lipinski definition) is 1. The second-order valence-electron chi connectivity index (χ2n) is 5.50. The van der Waals surface area contributed by atoms with E-state index in [2.05, 4.69) is 0 Å². The summed E-state index contributed by atoms with van der Waals surface area (Å²) in [4.78, 5) is 25.7. The topological polar surface area (TPSA) is 76.1 Å². The number of carbonyl (C=O) groups is 2. The summed E-state index contributed by atoms with van der Waals surface area (Å²) >= 11 is 0. The lowest BCUT2D eigenvalue weighted by Crippen LogP contribution is -2.32. The second-order valence-corrected chi connectivity index (χ2v) is 5.50. The number of ether oxygens (including phenoxy) is 2. The number of Topliss-reactive ketones (excluding diaryl/α,β-unsaturated/α-hetero) is 1. The predicted octanol–water partition coefficient (Wildman–Crippen LogP) is 1.86. The van der Waals surface area contributed by atoms with E-state index in [1.165, 1.54) is 12.0 Å². The average molecular weight is 303 g/mol. The molecule has 1 saturated heterocycles. The fraction of sp³-hybridized carbons (Fsp3) is 0.375. The van der Waals surface area contributed by atoms with Gasteiger partial charge in [-0.2, -0.15) is 0 Å². The molecule has 1 aromatic rings. The molecule has 2 heterocycles. The van der Waals surface area contributed by atoms with Crippen molar-refractivity contribution >= 4 is 11.7 Å². The molecule has 1 aromatic carbocycles. The van der Waals surface area contributed by atoms with E-state index in [1.807, 2.05) is 0 Å². The monoisotopic (exact) mass is 303 g/mol. The minimum Gasteiger partial charge on any atom is -0.501 e. The summed E-state index contributed by atoms with van der Waals surface area (Å²) in [6.45, 7) is 2.02. The van der Waals surface area contributed by atoms with Crippen LogP contribution in [0.3, 0.4) is 0 Å². The molecule has 3 rings (SSSR count). The first-order valence-electron chi connectivity index (χ1n) is 7.09. The van der Waals surface area contributed by atoms with Crippen LogP contribution in [0.25, 0.3) is 0 Å². The van der Waals surface area contributed by atoms with Gasteiger partial charge in [-0.05, 0) is 25.5 Å². The number of likely N-dealkylation sites (tertiary alicyclic amines) is 1. The Bertz CT molecular complexity index is 681. The molecule has 2 aliphatic rings. The molecule has 0 saturated carbocycles. The van der Waals surface area contributed by atoms with E-state index in [-0.39, 0.29) is 11.8 Å². The third-order valence-corrected chi connectivity index (χ3v) is 4.09. The minimum absolute atomic E-state index is 0.0437. The maximum absolute atomic E-state index is 12.5. The van der Waals surface area contributed by atoms with Crippen LogP contribution in [0.2, 0.25) is 0 Å². The summed E-state index contributed by atoms with van der Waals surface area (Å²) in [5, 5.41) is 10.1. The average Bonchev–Trinajstić information content (AvgIpc) is 3.05. The molecular formula is C16H17NO5. The van der Waals surface area contributed by atoms with Gasteiger partial charge in [0.25, 0.3) is 5.78 Å². The molecule has 0 radical (unpaired) electrons. The van der Waals surface area contributed by atoms with Gasteiger partial charge >= 0.3 is 0 Å². The standard InChI is InChI=1S/C16H17NO5/c1-16(10-5-3-6-11(9-10)21-2)14(20)13(19)15(22-16)17-8-4-7-12(17)18/h3,5-6,9,19H,4,7-8H2,1-2H3. The zero-order valence-electron chi connectivity index (χ0n) is 12.5. The van der Waals surface area contributed by atoms with Crippen LogP contribution in [0.5, 0.6) is 5.75 Å². The van der Waals surface area contributed by atoms with Crippen molar-refractivity contribution in [3.63, 3.8) is 0 Å². The SMILES string of the molecule is COc1cccc(C2(C)OC(N3CCCC3=O)=C(O)C2=O)c1. The van der Waals surface area contributed by atoms with Gasteiger partial charge in [-0.25, -0.2) is 0 Å². The molecule has 0 aromatic heterocycles. The van der Waals surface area contributed by atoms with Crippen LogP contribution < -0.4 is 4.74 Å². The van der Waals surface area contributed by atoms with Crippen molar-refractivity contribution < 1.29 is 24.2 Å². The molecule has 1 unspecified atom stereocenters. The lowest BCUT2D eigenvalue weighted by atomic mass is 9.91. The van der Waals surface area contributed by atoms with Crippen molar-refractivity contribution in [1.82, 2.24) is 4.90 Å². The van der Waals surface area contributed by atoms with E-state index in [4.69, 9.17) is 9.47 Å². The van der Waals surface area contributed by atoms with Gasteiger partial charge in [0.2, 0.25) is 17.5 Å². The highest BCUT2D eigenvalue weighted by Gasteiger charge is 2.50. The smallest absolute Gasteiger partial charge is 0.250 e. The Balaban J connectivity index is 1.97. The van der Waals surface area contributed by atoms with Crippen LogP contribution in [0.4, 0.5) is 0 Å². The number of carbonyl (C=O) groups excluding carboxylic acids is 2. The van der Waals surface area contributed by atoms with Gasteiger partial charge in [0.05, 0.1) is 7.11 Å². The Morgan fingerprint density at radius 1 is 1.36 bits per heavy atom. The molecule has 0 spiro atoms. The Labute approximate surface area is 127 Å². The summed E-state index contributed by atoms with van der Waals surface area (Å²) in [5.41, 5.74) is -0.804. The van der Waals surface area contributed by atoms with Crippen LogP contribution in [-0.2, 0) is 19.9 Å². The molecule has 1 N–H and O–H groups in total. The van der Waals surface area contributed by atoms with E-state index >= 15 is 0 Å².